The number of phenolic OH excluding ortho intramolecular Hbond substituents is 1. The average Bonchev–Trinajstić information content (AvgIpc) is 2.57. The number of hydrogen-bond acceptors (Lipinski definition) is 5. The maximum Gasteiger partial charge on any atom is 0.306 e. The number of aryl methyl sites for hydroxylation is 1. The van der Waals surface area contributed by atoms with E-state index >= 15 is 0 Å². The first-order chi connectivity index (χ1) is 11.5. The maximum atomic E-state index is 12.2. The third-order valence-corrected chi connectivity index (χ3v) is 3.39. The van der Waals surface area contributed by atoms with E-state index in [-0.39, 0.29) is 36.5 Å². The number of Topliss-reactive ketones (excluding diaryl/α,β-unsaturated/α-hetero) is 1. The fourth-order valence-corrected chi connectivity index (χ4v) is 2.13. The summed E-state index contributed by atoms with van der Waals surface area (Å²) >= 11 is 0. The van der Waals surface area contributed by atoms with Gasteiger partial charge >= 0.3 is 5.97 Å². The minimum Gasteiger partial charge on any atom is -0.507 e. The van der Waals surface area contributed by atoms with E-state index in [4.69, 9.17) is 9.47 Å². The fourth-order valence-electron chi connectivity index (χ4n) is 2.13. The van der Waals surface area contributed by atoms with Gasteiger partial charge in [0.05, 0.1) is 18.6 Å². The molecule has 0 fully saturated rings. The van der Waals surface area contributed by atoms with Gasteiger partial charge in [-0.15, -0.1) is 0 Å². The first-order valence-electron chi connectivity index (χ1n) is 7.76. The molecule has 0 aliphatic carbocycles. The quantitative estimate of drug-likeness (QED) is 0.614. The molecule has 0 amide bonds. The van der Waals surface area contributed by atoms with Gasteiger partial charge in [-0.2, -0.15) is 0 Å². The van der Waals surface area contributed by atoms with Gasteiger partial charge in [0.15, 0.2) is 5.78 Å². The Morgan fingerprint density at radius 3 is 2.33 bits per heavy atom. The highest BCUT2D eigenvalue weighted by molar-refractivity contribution is 6.00. The molecular weight excluding hydrogens is 308 g/mol. The molecule has 2 aromatic rings. The Balaban J connectivity index is 2.08. The summed E-state index contributed by atoms with van der Waals surface area (Å²) in [6.45, 7) is 3.96. The Morgan fingerprint density at radius 1 is 1.00 bits per heavy atom. The van der Waals surface area contributed by atoms with Gasteiger partial charge < -0.3 is 14.6 Å². The first kappa shape index (κ1) is 17.5. The lowest BCUT2D eigenvalue weighted by Gasteiger charge is -2.09. The molecule has 0 radical (unpaired) electrons. The predicted molar refractivity (Wildman–Crippen MR) is 89.6 cm³/mol. The number of rotatable bonds is 7. The number of esters is 1. The van der Waals surface area contributed by atoms with Crippen LogP contribution in [0.1, 0.15) is 35.7 Å². The second-order valence-corrected chi connectivity index (χ2v) is 5.32. The summed E-state index contributed by atoms with van der Waals surface area (Å²) in [4.78, 5) is 23.5. The van der Waals surface area contributed by atoms with Crippen molar-refractivity contribution in [3.05, 3.63) is 53.6 Å². The zero-order valence-electron chi connectivity index (χ0n) is 13.7. The van der Waals surface area contributed by atoms with Crippen molar-refractivity contribution in [2.75, 3.05) is 6.61 Å². The number of hydrogen-bond donors (Lipinski definition) is 1. The van der Waals surface area contributed by atoms with Crippen molar-refractivity contribution < 1.29 is 24.2 Å². The fraction of sp³-hybridized carbons (Fsp3) is 0.263. The second-order valence-electron chi connectivity index (χ2n) is 5.32. The lowest BCUT2D eigenvalue weighted by molar-refractivity contribution is -0.143. The maximum absolute atomic E-state index is 12.2. The average molecular weight is 328 g/mol. The molecular formula is C19H20O5. The van der Waals surface area contributed by atoms with Crippen LogP contribution < -0.4 is 4.74 Å². The molecule has 0 saturated carbocycles. The minimum absolute atomic E-state index is 0.0187. The Kier molecular flexibility index (Phi) is 5.95. The molecule has 5 heteroatoms. The van der Waals surface area contributed by atoms with Crippen molar-refractivity contribution in [1.82, 2.24) is 0 Å². The number of carbonyl (C=O) groups is 2. The van der Waals surface area contributed by atoms with E-state index < -0.39 is 5.97 Å². The van der Waals surface area contributed by atoms with Crippen molar-refractivity contribution in [1.29, 1.82) is 0 Å². The lowest BCUT2D eigenvalue weighted by atomic mass is 10.1. The van der Waals surface area contributed by atoms with Crippen LogP contribution >= 0.6 is 0 Å². The summed E-state index contributed by atoms with van der Waals surface area (Å²) in [5.41, 5.74) is 1.24. The smallest absolute Gasteiger partial charge is 0.306 e. The molecule has 24 heavy (non-hydrogen) atoms. The largest absolute Gasteiger partial charge is 0.507 e. The zero-order valence-corrected chi connectivity index (χ0v) is 13.7. The van der Waals surface area contributed by atoms with Crippen molar-refractivity contribution in [2.24, 2.45) is 0 Å². The molecule has 0 bridgehead atoms. The van der Waals surface area contributed by atoms with Crippen LogP contribution in [0.3, 0.4) is 0 Å². The molecule has 0 heterocycles. The Labute approximate surface area is 140 Å². The molecule has 2 aromatic carbocycles. The number of benzene rings is 2. The van der Waals surface area contributed by atoms with Crippen LogP contribution in [0.25, 0.3) is 0 Å². The molecule has 5 nitrogen and oxygen atoms in total. The van der Waals surface area contributed by atoms with Crippen molar-refractivity contribution in [3.63, 3.8) is 0 Å². The van der Waals surface area contributed by atoms with Gasteiger partial charge in [0.2, 0.25) is 0 Å². The van der Waals surface area contributed by atoms with Crippen LogP contribution in [-0.2, 0) is 9.53 Å². The number of ketones is 1. The van der Waals surface area contributed by atoms with Crippen molar-refractivity contribution in [2.45, 2.75) is 26.7 Å². The van der Waals surface area contributed by atoms with Gasteiger partial charge in [0.1, 0.15) is 17.2 Å². The van der Waals surface area contributed by atoms with E-state index in [1.54, 1.807) is 13.0 Å². The van der Waals surface area contributed by atoms with Crippen LogP contribution in [0.15, 0.2) is 42.5 Å². The zero-order chi connectivity index (χ0) is 17.5. The van der Waals surface area contributed by atoms with E-state index in [0.29, 0.717) is 11.5 Å². The van der Waals surface area contributed by atoms with Crippen LogP contribution in [0.2, 0.25) is 0 Å². The summed E-state index contributed by atoms with van der Waals surface area (Å²) in [5, 5.41) is 9.88. The standard InChI is InChI=1S/C19H20O5/c1-3-23-19(22)11-10-18(21)16-12-15(8-9-17(16)20)24-14-6-4-13(2)5-7-14/h4-9,12,20H,3,10-11H2,1-2H3. The topological polar surface area (TPSA) is 72.8 Å². The van der Waals surface area contributed by atoms with Gasteiger partial charge in [-0.1, -0.05) is 17.7 Å². The highest BCUT2D eigenvalue weighted by Gasteiger charge is 2.15. The van der Waals surface area contributed by atoms with E-state index in [1.165, 1.54) is 12.1 Å². The van der Waals surface area contributed by atoms with Gasteiger partial charge in [0, 0.05) is 6.42 Å². The Bertz CT molecular complexity index is 719. The van der Waals surface area contributed by atoms with Crippen LogP contribution in [-0.4, -0.2) is 23.5 Å². The third kappa shape index (κ3) is 4.84. The lowest BCUT2D eigenvalue weighted by Crippen LogP contribution is -2.08. The first-order valence-corrected chi connectivity index (χ1v) is 7.76. The number of carbonyl (C=O) groups excluding carboxylic acids is 2. The van der Waals surface area contributed by atoms with E-state index in [0.717, 1.165) is 5.56 Å². The molecule has 0 aromatic heterocycles. The van der Waals surface area contributed by atoms with Gasteiger partial charge in [0.25, 0.3) is 0 Å². The number of aromatic hydroxyl groups is 1. The second kappa shape index (κ2) is 8.15. The predicted octanol–water partition coefficient (Wildman–Crippen LogP) is 4.02. The number of ether oxygens (including phenoxy) is 2. The van der Waals surface area contributed by atoms with E-state index in [9.17, 15) is 14.7 Å². The Morgan fingerprint density at radius 2 is 1.67 bits per heavy atom. The Hall–Kier alpha value is -2.82. The summed E-state index contributed by atoms with van der Waals surface area (Å²) in [6, 6.07) is 11.9. The third-order valence-electron chi connectivity index (χ3n) is 3.39. The molecule has 1 N–H and O–H groups in total. The van der Waals surface area contributed by atoms with Crippen LogP contribution in [0.5, 0.6) is 17.2 Å². The highest BCUT2D eigenvalue weighted by Crippen LogP contribution is 2.28. The normalized spacial score (nSPS) is 10.2. The van der Waals surface area contributed by atoms with Gasteiger partial charge in [-0.25, -0.2) is 0 Å². The van der Waals surface area contributed by atoms with E-state index in [2.05, 4.69) is 0 Å². The molecule has 0 unspecified atom stereocenters. The van der Waals surface area contributed by atoms with E-state index in [1.807, 2.05) is 31.2 Å². The molecule has 0 saturated heterocycles. The molecule has 0 aliphatic rings. The van der Waals surface area contributed by atoms with Gasteiger partial charge in [-0.05, 0) is 44.2 Å². The number of phenols is 1. The van der Waals surface area contributed by atoms with Crippen molar-refractivity contribution in [3.8, 4) is 17.2 Å². The van der Waals surface area contributed by atoms with Crippen LogP contribution in [0, 0.1) is 6.92 Å². The van der Waals surface area contributed by atoms with Crippen molar-refractivity contribution >= 4 is 11.8 Å². The van der Waals surface area contributed by atoms with Crippen LogP contribution in [0.4, 0.5) is 0 Å². The van der Waals surface area contributed by atoms with Gasteiger partial charge in [-0.3, -0.25) is 9.59 Å². The summed E-state index contributed by atoms with van der Waals surface area (Å²) in [7, 11) is 0. The molecule has 0 atom stereocenters. The minimum atomic E-state index is -0.433. The SMILES string of the molecule is CCOC(=O)CCC(=O)c1cc(Oc2ccc(C)cc2)ccc1O. The summed E-state index contributed by atoms with van der Waals surface area (Å²) in [6.07, 6.45) is -0.0461. The monoisotopic (exact) mass is 328 g/mol. The molecule has 126 valence electrons. The molecule has 0 aliphatic heterocycles. The molecule has 0 spiro atoms. The molecule has 2 rings (SSSR count). The summed E-state index contributed by atoms with van der Waals surface area (Å²) in [5.74, 6) is 0.166. The summed E-state index contributed by atoms with van der Waals surface area (Å²) < 4.78 is 10.5. The highest BCUT2D eigenvalue weighted by atomic mass is 16.5.